The van der Waals surface area contributed by atoms with Gasteiger partial charge in [0, 0.05) is 17.3 Å². The van der Waals surface area contributed by atoms with E-state index >= 15 is 0 Å². The topological polar surface area (TPSA) is 78.4 Å². The number of nitrogens with zero attached hydrogens (tertiary/aromatic N) is 3. The number of rotatable bonds is 3. The molecule has 0 fully saturated rings. The van der Waals surface area contributed by atoms with E-state index in [2.05, 4.69) is 11.1 Å². The molecule has 5 nitrogen and oxygen atoms in total. The Morgan fingerprint density at radius 2 is 2.28 bits per heavy atom. The van der Waals surface area contributed by atoms with E-state index in [0.29, 0.717) is 16.2 Å². The minimum Gasteiger partial charge on any atom is -0.480 e. The fourth-order valence-electron chi connectivity index (χ4n) is 1.49. The number of thioether (sulfide) groups is 1. The van der Waals surface area contributed by atoms with Crippen molar-refractivity contribution in [1.82, 2.24) is 9.38 Å². The number of hydrogen-bond acceptors (Lipinski definition) is 4. The summed E-state index contributed by atoms with van der Waals surface area (Å²) in [6.07, 6.45) is 3.29. The molecule has 6 heteroatoms. The Morgan fingerprint density at radius 1 is 1.56 bits per heavy atom. The highest BCUT2D eigenvalue weighted by Crippen LogP contribution is 2.34. The van der Waals surface area contributed by atoms with E-state index in [9.17, 15) is 10.1 Å². The lowest BCUT2D eigenvalue weighted by Gasteiger charge is -2.19. The van der Waals surface area contributed by atoms with Crippen LogP contribution in [0, 0.1) is 11.3 Å². The zero-order valence-corrected chi connectivity index (χ0v) is 10.7. The van der Waals surface area contributed by atoms with Gasteiger partial charge in [0.1, 0.15) is 22.2 Å². The second kappa shape index (κ2) is 4.35. The van der Waals surface area contributed by atoms with E-state index in [1.807, 2.05) is 0 Å². The molecule has 0 aliphatic carbocycles. The van der Waals surface area contributed by atoms with Gasteiger partial charge in [-0.1, -0.05) is 0 Å². The number of carbonyl (C=O) groups is 1. The maximum absolute atomic E-state index is 11.1. The Balaban J connectivity index is 2.52. The van der Waals surface area contributed by atoms with Crippen LogP contribution in [0.2, 0.25) is 0 Å². The lowest BCUT2D eigenvalue weighted by atomic mass is 10.2. The Hall–Kier alpha value is -2.00. The highest BCUT2D eigenvalue weighted by Gasteiger charge is 2.29. The van der Waals surface area contributed by atoms with Crippen molar-refractivity contribution >= 4 is 23.4 Å². The number of carboxylic acids is 1. The van der Waals surface area contributed by atoms with Gasteiger partial charge in [-0.15, -0.1) is 11.8 Å². The number of imidazole rings is 1. The van der Waals surface area contributed by atoms with Crippen LogP contribution in [0.4, 0.5) is 0 Å². The summed E-state index contributed by atoms with van der Waals surface area (Å²) < 4.78 is 0.667. The highest BCUT2D eigenvalue weighted by molar-refractivity contribution is 8.01. The average Bonchev–Trinajstić information content (AvgIpc) is 2.76. The summed E-state index contributed by atoms with van der Waals surface area (Å²) in [5.74, 6) is -0.915. The molecule has 2 aromatic heterocycles. The van der Waals surface area contributed by atoms with Gasteiger partial charge in [0.25, 0.3) is 0 Å². The van der Waals surface area contributed by atoms with Crippen LogP contribution in [0.5, 0.6) is 0 Å². The Kier molecular flexibility index (Phi) is 3.01. The first-order valence-electron chi connectivity index (χ1n) is 5.24. The van der Waals surface area contributed by atoms with Gasteiger partial charge in [-0.05, 0) is 26.0 Å². The second-order valence-electron chi connectivity index (χ2n) is 4.23. The molecule has 1 N–H and O–H groups in total. The van der Waals surface area contributed by atoms with Gasteiger partial charge in [0.05, 0.1) is 0 Å². The van der Waals surface area contributed by atoms with Crippen LogP contribution in [0.3, 0.4) is 0 Å². The summed E-state index contributed by atoms with van der Waals surface area (Å²) in [4.78, 5) is 15.8. The van der Waals surface area contributed by atoms with Crippen LogP contribution in [-0.4, -0.2) is 25.2 Å². The van der Waals surface area contributed by atoms with E-state index in [1.54, 1.807) is 42.8 Å². The molecule has 2 heterocycles. The van der Waals surface area contributed by atoms with E-state index in [-0.39, 0.29) is 0 Å². The van der Waals surface area contributed by atoms with Crippen LogP contribution in [0.25, 0.3) is 5.65 Å². The number of fused-ring (bicyclic) bond motifs is 1. The van der Waals surface area contributed by atoms with Gasteiger partial charge in [-0.2, -0.15) is 5.26 Å². The summed E-state index contributed by atoms with van der Waals surface area (Å²) in [7, 11) is 0. The molecule has 0 atom stereocenters. The first-order valence-corrected chi connectivity index (χ1v) is 6.06. The molecule has 0 saturated carbocycles. The van der Waals surface area contributed by atoms with E-state index < -0.39 is 10.7 Å². The van der Waals surface area contributed by atoms with Gasteiger partial charge in [-0.3, -0.25) is 9.20 Å². The van der Waals surface area contributed by atoms with E-state index in [0.717, 1.165) is 11.8 Å². The number of pyridine rings is 1. The third-order valence-corrected chi connectivity index (χ3v) is 3.75. The fraction of sp³-hybridized carbons (Fsp3) is 0.250. The summed E-state index contributed by atoms with van der Waals surface area (Å²) in [5, 5.41) is 18.3. The molecule has 0 radical (unpaired) electrons. The molecule has 0 saturated heterocycles. The van der Waals surface area contributed by atoms with Crippen molar-refractivity contribution in [2.75, 3.05) is 0 Å². The SMILES string of the molecule is CC(C)(Sc1ccc2nccn2c1C#N)C(=O)O. The van der Waals surface area contributed by atoms with Crippen molar-refractivity contribution in [1.29, 1.82) is 5.26 Å². The monoisotopic (exact) mass is 261 g/mol. The zero-order chi connectivity index (χ0) is 13.3. The van der Waals surface area contributed by atoms with Gasteiger partial charge in [0.15, 0.2) is 0 Å². The summed E-state index contributed by atoms with van der Waals surface area (Å²) in [6, 6.07) is 5.59. The molecule has 0 spiro atoms. The number of carboxylic acid groups (broad SMARTS) is 1. The van der Waals surface area contributed by atoms with Gasteiger partial charge in [-0.25, -0.2) is 4.98 Å². The molecule has 0 aromatic carbocycles. The van der Waals surface area contributed by atoms with Crippen molar-refractivity contribution in [2.24, 2.45) is 0 Å². The zero-order valence-electron chi connectivity index (χ0n) is 9.91. The number of hydrogen-bond donors (Lipinski definition) is 1. The van der Waals surface area contributed by atoms with Crippen molar-refractivity contribution in [3.63, 3.8) is 0 Å². The Morgan fingerprint density at radius 3 is 2.89 bits per heavy atom. The summed E-state index contributed by atoms with van der Waals surface area (Å²) in [6.45, 7) is 3.22. The number of aromatic nitrogens is 2. The minimum atomic E-state index is -0.986. The summed E-state index contributed by atoms with van der Waals surface area (Å²) >= 11 is 1.15. The van der Waals surface area contributed by atoms with Crippen LogP contribution in [0.15, 0.2) is 29.4 Å². The normalized spacial score (nSPS) is 11.4. The first kappa shape index (κ1) is 12.5. The van der Waals surface area contributed by atoms with Gasteiger partial charge < -0.3 is 5.11 Å². The van der Waals surface area contributed by atoms with Crippen LogP contribution in [-0.2, 0) is 4.79 Å². The van der Waals surface area contributed by atoms with E-state index in [1.165, 1.54) is 0 Å². The predicted octanol–water partition coefficient (Wildman–Crippen LogP) is 2.16. The molecule has 0 aliphatic heterocycles. The molecular weight excluding hydrogens is 250 g/mol. The average molecular weight is 261 g/mol. The summed E-state index contributed by atoms with van der Waals surface area (Å²) in [5.41, 5.74) is 1.08. The van der Waals surface area contributed by atoms with Crippen molar-refractivity contribution in [2.45, 2.75) is 23.5 Å². The van der Waals surface area contributed by atoms with Crippen molar-refractivity contribution in [3.05, 3.63) is 30.2 Å². The van der Waals surface area contributed by atoms with Gasteiger partial charge in [0.2, 0.25) is 0 Å². The lowest BCUT2D eigenvalue weighted by molar-refractivity contribution is -0.138. The molecule has 0 bridgehead atoms. The minimum absolute atomic E-state index is 0.407. The van der Waals surface area contributed by atoms with Crippen LogP contribution in [0.1, 0.15) is 19.5 Å². The molecule has 92 valence electrons. The predicted molar refractivity (Wildman–Crippen MR) is 67.5 cm³/mol. The van der Waals surface area contributed by atoms with Crippen LogP contribution < -0.4 is 0 Å². The Bertz CT molecular complexity index is 655. The number of nitriles is 1. The second-order valence-corrected chi connectivity index (χ2v) is 5.90. The van der Waals surface area contributed by atoms with Crippen molar-refractivity contribution in [3.8, 4) is 6.07 Å². The third-order valence-electron chi connectivity index (χ3n) is 2.51. The lowest BCUT2D eigenvalue weighted by Crippen LogP contribution is -2.27. The Labute approximate surface area is 108 Å². The molecular formula is C12H11N3O2S. The van der Waals surface area contributed by atoms with Crippen molar-refractivity contribution < 1.29 is 9.90 Å². The molecule has 18 heavy (non-hydrogen) atoms. The van der Waals surface area contributed by atoms with E-state index in [4.69, 9.17) is 5.11 Å². The molecule has 0 unspecified atom stereocenters. The maximum atomic E-state index is 11.1. The molecule has 2 rings (SSSR count). The standard InChI is InChI=1S/C12H11N3O2S/c1-12(2,11(16)17)18-9-3-4-10-14-5-6-15(10)8(9)7-13/h3-6H,1-2H3,(H,16,17). The number of aliphatic carboxylic acids is 1. The maximum Gasteiger partial charge on any atom is 0.319 e. The smallest absolute Gasteiger partial charge is 0.319 e. The molecule has 2 aromatic rings. The quantitative estimate of drug-likeness (QED) is 0.856. The largest absolute Gasteiger partial charge is 0.480 e. The van der Waals surface area contributed by atoms with Gasteiger partial charge >= 0.3 is 5.97 Å². The van der Waals surface area contributed by atoms with Crippen LogP contribution >= 0.6 is 11.8 Å². The molecule has 0 aliphatic rings. The highest BCUT2D eigenvalue weighted by atomic mass is 32.2. The molecule has 0 amide bonds. The fourth-order valence-corrected chi connectivity index (χ4v) is 2.50. The third kappa shape index (κ3) is 2.05. The first-order chi connectivity index (χ1) is 8.45.